The molecule has 1 N–H and O–H groups in total. The molecule has 0 saturated carbocycles. The van der Waals surface area contributed by atoms with Gasteiger partial charge in [0, 0.05) is 16.7 Å². The third-order valence-corrected chi connectivity index (χ3v) is 4.15. The summed E-state index contributed by atoms with van der Waals surface area (Å²) in [5, 5.41) is 10.1. The van der Waals surface area contributed by atoms with Crippen LogP contribution in [0.3, 0.4) is 0 Å². The number of hydrogen-bond acceptors (Lipinski definition) is 5. The Balaban J connectivity index is 1.99. The molecule has 6 nitrogen and oxygen atoms in total. The molecule has 1 aliphatic heterocycles. The fourth-order valence-electron chi connectivity index (χ4n) is 2.79. The number of benzene rings is 2. The highest BCUT2D eigenvalue weighted by atomic mass is 35.5. The number of rotatable bonds is 2. The second-order valence-corrected chi connectivity index (χ2v) is 5.98. The average molecular weight is 359 g/mol. The van der Waals surface area contributed by atoms with Gasteiger partial charge in [0.25, 0.3) is 0 Å². The molecule has 0 bridgehead atoms. The Kier molecular flexibility index (Phi) is 3.71. The first-order valence-electron chi connectivity index (χ1n) is 7.37. The van der Waals surface area contributed by atoms with Crippen LogP contribution in [-0.2, 0) is 11.3 Å². The molecule has 0 saturated heterocycles. The van der Waals surface area contributed by atoms with Gasteiger partial charge in [0.15, 0.2) is 12.2 Å². The van der Waals surface area contributed by atoms with E-state index in [2.05, 4.69) is 0 Å². The van der Waals surface area contributed by atoms with Crippen LogP contribution in [0.4, 0.5) is 0 Å². The van der Waals surface area contributed by atoms with Crippen molar-refractivity contribution < 1.29 is 23.8 Å². The normalized spacial score (nSPS) is 13.3. The first-order chi connectivity index (χ1) is 12.0. The molecule has 0 atom stereocenters. The zero-order chi connectivity index (χ0) is 17.6. The van der Waals surface area contributed by atoms with E-state index in [1.165, 1.54) is 24.3 Å². The Labute approximate surface area is 146 Å². The van der Waals surface area contributed by atoms with Crippen molar-refractivity contribution >= 4 is 28.5 Å². The van der Waals surface area contributed by atoms with Gasteiger partial charge < -0.3 is 19.0 Å². The van der Waals surface area contributed by atoms with Crippen molar-refractivity contribution in [3.05, 3.63) is 62.8 Å². The number of halogens is 1. The average Bonchev–Trinajstić information content (AvgIpc) is 2.61. The maximum atomic E-state index is 12.4. The number of carbonyl (C=O) groups is 1. The lowest BCUT2D eigenvalue weighted by molar-refractivity contribution is -0.0160. The van der Waals surface area contributed by atoms with Gasteiger partial charge in [0.2, 0.25) is 0 Å². The first-order valence-corrected chi connectivity index (χ1v) is 7.75. The van der Waals surface area contributed by atoms with Gasteiger partial charge in [-0.3, -0.25) is 4.79 Å². The quantitative estimate of drug-likeness (QED) is 0.752. The minimum absolute atomic E-state index is 0.0415. The highest BCUT2D eigenvalue weighted by Crippen LogP contribution is 2.37. The van der Waals surface area contributed by atoms with Crippen molar-refractivity contribution in [2.24, 2.45) is 0 Å². The monoisotopic (exact) mass is 358 g/mol. The van der Waals surface area contributed by atoms with Crippen LogP contribution >= 0.6 is 11.6 Å². The summed E-state index contributed by atoms with van der Waals surface area (Å²) in [6.45, 7) is 0.261. The van der Waals surface area contributed by atoms with Gasteiger partial charge in [-0.05, 0) is 30.3 Å². The molecule has 3 aromatic rings. The van der Waals surface area contributed by atoms with Gasteiger partial charge in [0.1, 0.15) is 17.1 Å². The second-order valence-electron chi connectivity index (χ2n) is 5.54. The van der Waals surface area contributed by atoms with Crippen LogP contribution in [0.15, 0.2) is 45.6 Å². The summed E-state index contributed by atoms with van der Waals surface area (Å²) in [5.41, 5.74) is 1.11. The minimum Gasteiger partial charge on any atom is -0.478 e. The lowest BCUT2D eigenvalue weighted by Gasteiger charge is -2.21. The Morgan fingerprint density at radius 3 is 2.80 bits per heavy atom. The van der Waals surface area contributed by atoms with E-state index in [0.29, 0.717) is 32.9 Å². The van der Waals surface area contributed by atoms with Crippen LogP contribution in [0.25, 0.3) is 22.3 Å². The minimum atomic E-state index is -1.09. The van der Waals surface area contributed by atoms with E-state index in [-0.39, 0.29) is 30.2 Å². The Morgan fingerprint density at radius 1 is 1.16 bits per heavy atom. The second kappa shape index (κ2) is 5.91. The molecule has 2 aromatic carbocycles. The molecule has 0 radical (unpaired) electrons. The third-order valence-electron chi connectivity index (χ3n) is 3.91. The molecular weight excluding hydrogens is 348 g/mol. The van der Waals surface area contributed by atoms with Gasteiger partial charge in [0.05, 0.1) is 23.1 Å². The third kappa shape index (κ3) is 2.75. The van der Waals surface area contributed by atoms with E-state index >= 15 is 0 Å². The summed E-state index contributed by atoms with van der Waals surface area (Å²) in [7, 11) is 0. The number of ether oxygens (including phenoxy) is 2. The van der Waals surface area contributed by atoms with Crippen LogP contribution < -0.4 is 10.2 Å². The molecule has 25 heavy (non-hydrogen) atoms. The van der Waals surface area contributed by atoms with Crippen molar-refractivity contribution in [2.75, 3.05) is 6.79 Å². The smallest absolute Gasteiger partial charge is 0.335 e. The lowest BCUT2D eigenvalue weighted by atomic mass is 10.0. The molecule has 4 rings (SSSR count). The predicted octanol–water partition coefficient (Wildman–Crippen LogP) is 3.68. The topological polar surface area (TPSA) is 86.0 Å². The van der Waals surface area contributed by atoms with Crippen LogP contribution in [0.2, 0.25) is 5.02 Å². The van der Waals surface area contributed by atoms with Crippen molar-refractivity contribution in [3.8, 4) is 17.1 Å². The molecule has 2 heterocycles. The highest BCUT2D eigenvalue weighted by molar-refractivity contribution is 6.31. The van der Waals surface area contributed by atoms with Gasteiger partial charge in [-0.1, -0.05) is 11.6 Å². The fraction of sp³-hybridized carbons (Fsp3) is 0.111. The molecule has 0 aliphatic carbocycles. The van der Waals surface area contributed by atoms with E-state index < -0.39 is 5.97 Å². The van der Waals surface area contributed by atoms with Crippen molar-refractivity contribution in [3.63, 3.8) is 0 Å². The van der Waals surface area contributed by atoms with E-state index in [0.717, 1.165) is 0 Å². The zero-order valence-corrected chi connectivity index (χ0v) is 13.5. The molecular formula is C18H11ClO6. The number of carboxylic acids is 1. The number of carboxylic acid groups (broad SMARTS) is 1. The van der Waals surface area contributed by atoms with Crippen molar-refractivity contribution in [2.45, 2.75) is 6.61 Å². The largest absolute Gasteiger partial charge is 0.478 e. The number of hydrogen-bond donors (Lipinski definition) is 1. The van der Waals surface area contributed by atoms with E-state index in [1.807, 2.05) is 0 Å². The molecule has 0 spiro atoms. The van der Waals surface area contributed by atoms with E-state index in [4.69, 9.17) is 25.5 Å². The van der Waals surface area contributed by atoms with Crippen LogP contribution in [-0.4, -0.2) is 17.9 Å². The summed E-state index contributed by atoms with van der Waals surface area (Å²) in [4.78, 5) is 23.8. The van der Waals surface area contributed by atoms with Gasteiger partial charge in [-0.2, -0.15) is 0 Å². The van der Waals surface area contributed by atoms with Crippen LogP contribution in [0, 0.1) is 0 Å². The number of fused-ring (bicyclic) bond motifs is 2. The van der Waals surface area contributed by atoms with E-state index in [1.54, 1.807) is 12.1 Å². The molecule has 0 unspecified atom stereocenters. The molecule has 0 amide bonds. The van der Waals surface area contributed by atoms with Crippen molar-refractivity contribution in [1.29, 1.82) is 0 Å². The molecule has 1 aliphatic rings. The SMILES string of the molecule is O=C(O)c1cc2c(c(-c3cc(=O)c4cc(Cl)ccc4o3)c1)OCOC2. The van der Waals surface area contributed by atoms with Gasteiger partial charge >= 0.3 is 5.97 Å². The summed E-state index contributed by atoms with van der Waals surface area (Å²) in [6, 6.07) is 8.95. The van der Waals surface area contributed by atoms with E-state index in [9.17, 15) is 14.7 Å². The predicted molar refractivity (Wildman–Crippen MR) is 90.2 cm³/mol. The van der Waals surface area contributed by atoms with Gasteiger partial charge in [-0.25, -0.2) is 4.79 Å². The maximum absolute atomic E-state index is 12.4. The Bertz CT molecular complexity index is 1070. The summed E-state index contributed by atoms with van der Waals surface area (Å²) in [6.07, 6.45) is 0. The van der Waals surface area contributed by atoms with Crippen LogP contribution in [0.1, 0.15) is 15.9 Å². The lowest BCUT2D eigenvalue weighted by Crippen LogP contribution is -2.14. The molecule has 1 aromatic heterocycles. The standard InChI is InChI=1S/C18H11ClO6/c19-11-1-2-15-12(5-11)14(20)6-16(25-15)13-4-9(18(21)22)3-10-7-23-8-24-17(10)13/h1-6H,7-8H2,(H,21,22). The summed E-state index contributed by atoms with van der Waals surface area (Å²) < 4.78 is 16.5. The highest BCUT2D eigenvalue weighted by Gasteiger charge is 2.22. The Hall–Kier alpha value is -2.83. The molecule has 7 heteroatoms. The zero-order valence-electron chi connectivity index (χ0n) is 12.7. The summed E-state index contributed by atoms with van der Waals surface area (Å²) >= 11 is 5.92. The van der Waals surface area contributed by atoms with Crippen molar-refractivity contribution in [1.82, 2.24) is 0 Å². The first kappa shape index (κ1) is 15.7. The molecule has 126 valence electrons. The fourth-order valence-corrected chi connectivity index (χ4v) is 2.96. The maximum Gasteiger partial charge on any atom is 0.335 e. The van der Waals surface area contributed by atoms with Crippen LogP contribution in [0.5, 0.6) is 5.75 Å². The summed E-state index contributed by atoms with van der Waals surface area (Å²) in [5.74, 6) is -0.418. The Morgan fingerprint density at radius 2 is 2.00 bits per heavy atom. The number of aromatic carboxylic acids is 1. The van der Waals surface area contributed by atoms with Gasteiger partial charge in [-0.15, -0.1) is 0 Å². The molecule has 0 fully saturated rings.